The SMILES string of the molecule is CPc1ccc(F)cc1F. The van der Waals surface area contributed by atoms with Crippen LogP contribution in [0, 0.1) is 11.6 Å². The Kier molecular flexibility index (Phi) is 2.34. The van der Waals surface area contributed by atoms with Gasteiger partial charge in [0.05, 0.1) is 0 Å². The van der Waals surface area contributed by atoms with E-state index >= 15 is 0 Å². The van der Waals surface area contributed by atoms with Crippen LogP contribution in [0.1, 0.15) is 0 Å². The van der Waals surface area contributed by atoms with Gasteiger partial charge < -0.3 is 0 Å². The number of hydrogen-bond donors (Lipinski definition) is 0. The molecule has 0 bridgehead atoms. The molecule has 0 fully saturated rings. The van der Waals surface area contributed by atoms with E-state index in [1.807, 2.05) is 6.66 Å². The van der Waals surface area contributed by atoms with Crippen LogP contribution in [0.15, 0.2) is 18.2 Å². The fourth-order valence-electron chi connectivity index (χ4n) is 0.692. The third-order valence-electron chi connectivity index (χ3n) is 1.20. The molecule has 0 aromatic heterocycles. The Hall–Kier alpha value is -0.490. The summed E-state index contributed by atoms with van der Waals surface area (Å²) < 4.78 is 24.9. The van der Waals surface area contributed by atoms with Crippen LogP contribution in [-0.2, 0) is 0 Å². The number of benzene rings is 1. The molecular formula is C7H7F2P. The Morgan fingerprint density at radius 2 is 2.00 bits per heavy atom. The Morgan fingerprint density at radius 1 is 1.30 bits per heavy atom. The molecular weight excluding hydrogens is 153 g/mol. The molecule has 0 saturated carbocycles. The fraction of sp³-hybridized carbons (Fsp3) is 0.143. The maximum atomic E-state index is 12.6. The Labute approximate surface area is 60.0 Å². The van der Waals surface area contributed by atoms with Gasteiger partial charge in [-0.1, -0.05) is 8.58 Å². The van der Waals surface area contributed by atoms with E-state index < -0.39 is 11.6 Å². The van der Waals surface area contributed by atoms with Crippen molar-refractivity contribution in [3.63, 3.8) is 0 Å². The van der Waals surface area contributed by atoms with Crippen molar-refractivity contribution in [3.05, 3.63) is 29.8 Å². The lowest BCUT2D eigenvalue weighted by Crippen LogP contribution is -2.00. The molecule has 0 aliphatic heterocycles. The Bertz CT molecular complexity index is 235. The van der Waals surface area contributed by atoms with E-state index in [0.29, 0.717) is 13.9 Å². The van der Waals surface area contributed by atoms with Crippen molar-refractivity contribution in [1.29, 1.82) is 0 Å². The van der Waals surface area contributed by atoms with Crippen LogP contribution in [0.4, 0.5) is 8.78 Å². The molecule has 0 N–H and O–H groups in total. The van der Waals surface area contributed by atoms with E-state index in [4.69, 9.17) is 0 Å². The zero-order valence-electron chi connectivity index (χ0n) is 5.49. The highest BCUT2D eigenvalue weighted by Crippen LogP contribution is 2.08. The van der Waals surface area contributed by atoms with Crippen LogP contribution in [0.3, 0.4) is 0 Å². The van der Waals surface area contributed by atoms with Gasteiger partial charge in [0.25, 0.3) is 0 Å². The van der Waals surface area contributed by atoms with Gasteiger partial charge in [-0.15, -0.1) is 0 Å². The normalized spacial score (nSPS) is 11.1. The molecule has 3 heteroatoms. The lowest BCUT2D eigenvalue weighted by atomic mass is 10.3. The van der Waals surface area contributed by atoms with E-state index in [0.717, 1.165) is 6.07 Å². The van der Waals surface area contributed by atoms with Crippen molar-refractivity contribution in [2.24, 2.45) is 0 Å². The molecule has 1 aromatic carbocycles. The predicted molar refractivity (Wildman–Crippen MR) is 40.2 cm³/mol. The molecule has 0 spiro atoms. The molecule has 0 nitrogen and oxygen atoms in total. The zero-order chi connectivity index (χ0) is 7.56. The summed E-state index contributed by atoms with van der Waals surface area (Å²) in [6, 6.07) is 3.66. The first kappa shape index (κ1) is 7.62. The second-order valence-electron chi connectivity index (χ2n) is 1.87. The Balaban J connectivity index is 3.07. The van der Waals surface area contributed by atoms with Crippen molar-refractivity contribution in [2.75, 3.05) is 6.66 Å². The quantitative estimate of drug-likeness (QED) is 0.550. The number of halogens is 2. The maximum absolute atomic E-state index is 12.6. The summed E-state index contributed by atoms with van der Waals surface area (Å²) in [5.74, 6) is -0.958. The van der Waals surface area contributed by atoms with Crippen molar-refractivity contribution in [3.8, 4) is 0 Å². The lowest BCUT2D eigenvalue weighted by Gasteiger charge is -1.96. The van der Waals surface area contributed by atoms with Gasteiger partial charge in [-0.05, 0) is 18.8 Å². The summed E-state index contributed by atoms with van der Waals surface area (Å²) in [5, 5.41) is 0.585. The largest absolute Gasteiger partial charge is 0.207 e. The molecule has 10 heavy (non-hydrogen) atoms. The highest BCUT2D eigenvalue weighted by atomic mass is 31.1. The van der Waals surface area contributed by atoms with Crippen LogP contribution in [0.2, 0.25) is 0 Å². The first-order valence-electron chi connectivity index (χ1n) is 2.87. The second kappa shape index (κ2) is 3.07. The molecule has 54 valence electrons. The Morgan fingerprint density at radius 3 is 2.50 bits per heavy atom. The van der Waals surface area contributed by atoms with Gasteiger partial charge in [0.2, 0.25) is 0 Å². The third-order valence-corrected chi connectivity index (χ3v) is 2.14. The van der Waals surface area contributed by atoms with Crippen molar-refractivity contribution in [1.82, 2.24) is 0 Å². The summed E-state index contributed by atoms with van der Waals surface area (Å²) in [7, 11) is 0.384. The van der Waals surface area contributed by atoms with E-state index in [2.05, 4.69) is 0 Å². The molecule has 0 amide bonds. The third kappa shape index (κ3) is 1.51. The molecule has 0 radical (unpaired) electrons. The molecule has 1 aromatic rings. The van der Waals surface area contributed by atoms with Crippen LogP contribution in [0.25, 0.3) is 0 Å². The fourth-order valence-corrected chi connectivity index (χ4v) is 1.25. The maximum Gasteiger partial charge on any atom is 0.133 e. The highest BCUT2D eigenvalue weighted by molar-refractivity contribution is 7.46. The lowest BCUT2D eigenvalue weighted by molar-refractivity contribution is 0.588. The molecule has 0 aliphatic rings. The highest BCUT2D eigenvalue weighted by Gasteiger charge is 1.99. The summed E-state index contributed by atoms with van der Waals surface area (Å²) in [5.41, 5.74) is 0. The van der Waals surface area contributed by atoms with Gasteiger partial charge in [0, 0.05) is 11.4 Å². The summed E-state index contributed by atoms with van der Waals surface area (Å²) in [4.78, 5) is 0. The zero-order valence-corrected chi connectivity index (χ0v) is 6.49. The minimum atomic E-state index is -0.514. The number of rotatable bonds is 1. The first-order chi connectivity index (χ1) is 4.74. The van der Waals surface area contributed by atoms with Gasteiger partial charge in [-0.3, -0.25) is 0 Å². The minimum absolute atomic E-state index is 0.384. The first-order valence-corrected chi connectivity index (χ1v) is 4.37. The smallest absolute Gasteiger partial charge is 0.133 e. The van der Waals surface area contributed by atoms with Crippen LogP contribution in [-0.4, -0.2) is 6.66 Å². The molecule has 0 saturated heterocycles. The van der Waals surface area contributed by atoms with E-state index in [1.54, 1.807) is 0 Å². The van der Waals surface area contributed by atoms with E-state index in [9.17, 15) is 8.78 Å². The summed E-state index contributed by atoms with van der Waals surface area (Å²) in [6.07, 6.45) is 0. The predicted octanol–water partition coefficient (Wildman–Crippen LogP) is 1.90. The van der Waals surface area contributed by atoms with Crippen LogP contribution >= 0.6 is 8.58 Å². The van der Waals surface area contributed by atoms with E-state index in [-0.39, 0.29) is 0 Å². The van der Waals surface area contributed by atoms with Crippen LogP contribution < -0.4 is 5.30 Å². The van der Waals surface area contributed by atoms with Gasteiger partial charge in [0.1, 0.15) is 11.6 Å². The monoisotopic (exact) mass is 160 g/mol. The topological polar surface area (TPSA) is 0 Å². The minimum Gasteiger partial charge on any atom is -0.207 e. The van der Waals surface area contributed by atoms with Gasteiger partial charge >= 0.3 is 0 Å². The molecule has 0 heterocycles. The molecule has 0 aliphatic carbocycles. The number of hydrogen-bond acceptors (Lipinski definition) is 0. The molecule has 1 unspecified atom stereocenters. The van der Waals surface area contributed by atoms with Gasteiger partial charge in [-0.2, -0.15) is 0 Å². The van der Waals surface area contributed by atoms with Crippen molar-refractivity contribution < 1.29 is 8.78 Å². The average molecular weight is 160 g/mol. The van der Waals surface area contributed by atoms with Gasteiger partial charge in [-0.25, -0.2) is 8.78 Å². The second-order valence-corrected chi connectivity index (χ2v) is 2.91. The van der Waals surface area contributed by atoms with E-state index in [1.165, 1.54) is 12.1 Å². The summed E-state index contributed by atoms with van der Waals surface area (Å²) in [6.45, 7) is 1.86. The average Bonchev–Trinajstić information content (AvgIpc) is 1.88. The summed E-state index contributed by atoms with van der Waals surface area (Å²) >= 11 is 0. The van der Waals surface area contributed by atoms with Crippen molar-refractivity contribution >= 4 is 13.9 Å². The van der Waals surface area contributed by atoms with Crippen LogP contribution in [0.5, 0.6) is 0 Å². The molecule has 1 atom stereocenters. The molecule has 1 rings (SSSR count). The van der Waals surface area contributed by atoms with Crippen molar-refractivity contribution in [2.45, 2.75) is 0 Å². The van der Waals surface area contributed by atoms with Gasteiger partial charge in [0.15, 0.2) is 0 Å². The standard InChI is InChI=1S/C7H7F2P/c1-10-7-3-2-5(8)4-6(7)9/h2-4,10H,1H3.